The predicted molar refractivity (Wildman–Crippen MR) is 50.7 cm³/mol. The van der Waals surface area contributed by atoms with E-state index in [0.717, 1.165) is 16.5 Å². The van der Waals surface area contributed by atoms with Crippen molar-refractivity contribution in [2.75, 3.05) is 6.61 Å². The maximum absolute atomic E-state index is 5.35. The van der Waals surface area contributed by atoms with Gasteiger partial charge in [-0.25, -0.2) is 0 Å². The molecule has 0 aliphatic carbocycles. The first-order valence-electron chi connectivity index (χ1n) is 3.85. The van der Waals surface area contributed by atoms with Crippen molar-refractivity contribution in [2.45, 2.75) is 6.92 Å². The highest BCUT2D eigenvalue weighted by Gasteiger charge is 1.97. The average Bonchev–Trinajstić information content (AvgIpc) is 2.51. The second kappa shape index (κ2) is 3.15. The maximum atomic E-state index is 5.35. The van der Waals surface area contributed by atoms with E-state index in [9.17, 15) is 0 Å². The van der Waals surface area contributed by atoms with Crippen molar-refractivity contribution < 1.29 is 4.74 Å². The van der Waals surface area contributed by atoms with Crippen LogP contribution in [0.3, 0.4) is 0 Å². The molecule has 12 heavy (non-hydrogen) atoms. The van der Waals surface area contributed by atoms with Crippen LogP contribution in [0.4, 0.5) is 0 Å². The molecule has 60 valence electrons. The lowest BCUT2D eigenvalue weighted by Crippen LogP contribution is -1.89. The first-order valence-corrected chi connectivity index (χ1v) is 4.66. The molecule has 0 spiro atoms. The van der Waals surface area contributed by atoms with E-state index in [0.29, 0.717) is 6.61 Å². The van der Waals surface area contributed by atoms with E-state index in [4.69, 9.17) is 4.74 Å². The summed E-state index contributed by atoms with van der Waals surface area (Å²) in [6.45, 7) is 2.69. The Hall–Kier alpha value is -1.02. The van der Waals surface area contributed by atoms with Crippen molar-refractivity contribution in [1.29, 1.82) is 0 Å². The molecule has 2 aromatic rings. The Bertz CT molecular complexity index is 378. The second-order valence-electron chi connectivity index (χ2n) is 2.45. The molecule has 1 aromatic carbocycles. The first-order chi connectivity index (χ1) is 5.90. The van der Waals surface area contributed by atoms with Crippen molar-refractivity contribution in [2.24, 2.45) is 0 Å². The number of rotatable bonds is 2. The Morgan fingerprint density at radius 1 is 1.33 bits per heavy atom. The van der Waals surface area contributed by atoms with Crippen molar-refractivity contribution in [1.82, 2.24) is 0 Å². The molecule has 0 aliphatic heterocycles. The largest absolute Gasteiger partial charge is 0.494 e. The molecule has 1 aromatic heterocycles. The van der Waals surface area contributed by atoms with Gasteiger partial charge < -0.3 is 4.74 Å². The minimum Gasteiger partial charge on any atom is -0.494 e. The standard InChI is InChI=1S/C10H8OS/c1-2-11-10-4-3-8-6-12-7-9(8)5-10/h3-5H,2H2,1H3. The van der Waals surface area contributed by atoms with E-state index in [-0.39, 0.29) is 0 Å². The SMILES string of the molecule is CCOc1ccc2[c]s[c]c2c1. The Labute approximate surface area is 75.6 Å². The summed E-state index contributed by atoms with van der Waals surface area (Å²) in [4.78, 5) is 0. The van der Waals surface area contributed by atoms with Crippen LogP contribution in [-0.4, -0.2) is 6.61 Å². The van der Waals surface area contributed by atoms with Crippen LogP contribution in [0.2, 0.25) is 0 Å². The molecule has 2 radical (unpaired) electrons. The van der Waals surface area contributed by atoms with Gasteiger partial charge in [-0.05, 0) is 25.1 Å². The van der Waals surface area contributed by atoms with Crippen LogP contribution in [-0.2, 0) is 0 Å². The smallest absolute Gasteiger partial charge is 0.119 e. The molecule has 0 unspecified atom stereocenters. The monoisotopic (exact) mass is 176 g/mol. The molecular formula is C10H8OS. The van der Waals surface area contributed by atoms with Gasteiger partial charge in [-0.15, -0.1) is 11.3 Å². The third kappa shape index (κ3) is 1.30. The van der Waals surface area contributed by atoms with Crippen LogP contribution < -0.4 is 4.74 Å². The van der Waals surface area contributed by atoms with Crippen LogP contribution in [0.15, 0.2) is 18.2 Å². The highest BCUT2D eigenvalue weighted by Crippen LogP contribution is 2.22. The van der Waals surface area contributed by atoms with Gasteiger partial charge in [0.1, 0.15) is 5.75 Å². The Balaban J connectivity index is 2.46. The third-order valence-corrected chi connectivity index (χ3v) is 2.27. The molecule has 0 fully saturated rings. The van der Waals surface area contributed by atoms with Gasteiger partial charge in [-0.1, -0.05) is 0 Å². The summed E-state index contributed by atoms with van der Waals surface area (Å²) in [7, 11) is 0. The summed E-state index contributed by atoms with van der Waals surface area (Å²) in [6.07, 6.45) is 0. The van der Waals surface area contributed by atoms with Gasteiger partial charge in [-0.2, -0.15) is 0 Å². The van der Waals surface area contributed by atoms with Crippen molar-refractivity contribution in [3.63, 3.8) is 0 Å². The Kier molecular flexibility index (Phi) is 2.00. The maximum Gasteiger partial charge on any atom is 0.119 e. The van der Waals surface area contributed by atoms with Crippen LogP contribution in [0.1, 0.15) is 6.92 Å². The van der Waals surface area contributed by atoms with Gasteiger partial charge in [0.2, 0.25) is 0 Å². The fourth-order valence-corrected chi connectivity index (χ4v) is 1.71. The quantitative estimate of drug-likeness (QED) is 0.683. The van der Waals surface area contributed by atoms with E-state index in [1.54, 1.807) is 0 Å². The number of fused-ring (bicyclic) bond motifs is 1. The van der Waals surface area contributed by atoms with Crippen LogP contribution >= 0.6 is 11.3 Å². The van der Waals surface area contributed by atoms with Gasteiger partial charge in [-0.3, -0.25) is 0 Å². The van der Waals surface area contributed by atoms with E-state index in [1.807, 2.05) is 25.1 Å². The molecule has 0 atom stereocenters. The fourth-order valence-electron chi connectivity index (χ4n) is 1.09. The molecule has 2 rings (SSSR count). The first kappa shape index (κ1) is 7.62. The van der Waals surface area contributed by atoms with Crippen molar-refractivity contribution >= 4 is 22.1 Å². The number of ether oxygens (including phenoxy) is 1. The second-order valence-corrected chi connectivity index (χ2v) is 3.06. The summed E-state index contributed by atoms with van der Waals surface area (Å²) < 4.78 is 5.35. The number of hydrogen-bond donors (Lipinski definition) is 0. The molecule has 0 bridgehead atoms. The number of hydrogen-bond acceptors (Lipinski definition) is 2. The summed E-state index contributed by atoms with van der Waals surface area (Å²) in [5.74, 6) is 0.910. The van der Waals surface area contributed by atoms with Gasteiger partial charge in [0.05, 0.1) is 17.4 Å². The van der Waals surface area contributed by atoms with Crippen molar-refractivity contribution in [3.8, 4) is 5.75 Å². The number of thiophene rings is 1. The van der Waals surface area contributed by atoms with Gasteiger partial charge in [0.25, 0.3) is 0 Å². The lowest BCUT2D eigenvalue weighted by Gasteiger charge is -2.01. The van der Waals surface area contributed by atoms with Gasteiger partial charge in [0, 0.05) is 10.8 Å². The topological polar surface area (TPSA) is 9.23 Å². The summed E-state index contributed by atoms with van der Waals surface area (Å²) in [6, 6.07) is 5.96. The van der Waals surface area contributed by atoms with E-state index < -0.39 is 0 Å². The zero-order valence-electron chi connectivity index (χ0n) is 6.76. The molecule has 0 saturated carbocycles. The molecule has 0 N–H and O–H groups in total. The highest BCUT2D eigenvalue weighted by atomic mass is 32.1. The minimum atomic E-state index is 0.708. The average molecular weight is 176 g/mol. The summed E-state index contributed by atoms with van der Waals surface area (Å²) in [5.41, 5.74) is 0. The fraction of sp³-hybridized carbons (Fsp3) is 0.200. The molecule has 0 amide bonds. The van der Waals surface area contributed by atoms with Gasteiger partial charge in [0.15, 0.2) is 0 Å². The van der Waals surface area contributed by atoms with Gasteiger partial charge >= 0.3 is 0 Å². The third-order valence-electron chi connectivity index (χ3n) is 1.62. The Morgan fingerprint density at radius 2 is 2.17 bits per heavy atom. The van der Waals surface area contributed by atoms with Crippen molar-refractivity contribution in [3.05, 3.63) is 29.0 Å². The zero-order valence-corrected chi connectivity index (χ0v) is 7.57. The lowest BCUT2D eigenvalue weighted by molar-refractivity contribution is 0.341. The minimum absolute atomic E-state index is 0.708. The molecule has 1 heterocycles. The van der Waals surface area contributed by atoms with E-state index >= 15 is 0 Å². The molecule has 1 nitrogen and oxygen atoms in total. The zero-order chi connectivity index (χ0) is 8.39. The number of benzene rings is 1. The normalized spacial score (nSPS) is 10.4. The van der Waals surface area contributed by atoms with Crippen LogP contribution in [0.25, 0.3) is 10.8 Å². The van der Waals surface area contributed by atoms with Crippen LogP contribution in [0.5, 0.6) is 5.75 Å². The predicted octanol–water partition coefficient (Wildman–Crippen LogP) is 2.90. The van der Waals surface area contributed by atoms with Crippen LogP contribution in [0, 0.1) is 10.8 Å². The molecule has 2 heteroatoms. The van der Waals surface area contributed by atoms with E-state index in [1.165, 1.54) is 11.3 Å². The summed E-state index contributed by atoms with van der Waals surface area (Å²) in [5, 5.41) is 8.45. The Morgan fingerprint density at radius 3 is 3.00 bits per heavy atom. The molecule has 0 saturated heterocycles. The summed E-state index contributed by atoms with van der Waals surface area (Å²) >= 11 is 1.47. The lowest BCUT2D eigenvalue weighted by atomic mass is 10.2. The molecular weight excluding hydrogens is 168 g/mol. The molecule has 0 aliphatic rings. The highest BCUT2D eigenvalue weighted by molar-refractivity contribution is 7.08. The van der Waals surface area contributed by atoms with E-state index in [2.05, 4.69) is 10.8 Å².